The first-order chi connectivity index (χ1) is 6.84. The predicted octanol–water partition coefficient (Wildman–Crippen LogP) is 1.66. The number of hydrogen-bond acceptors (Lipinski definition) is 5. The lowest BCUT2D eigenvalue weighted by atomic mass is 10.4. The van der Waals surface area contributed by atoms with Crippen molar-refractivity contribution < 1.29 is 0 Å². The van der Waals surface area contributed by atoms with Gasteiger partial charge in [0, 0.05) is 29.9 Å². The fourth-order valence-electron chi connectivity index (χ4n) is 1.57. The molecule has 1 aromatic heterocycles. The van der Waals surface area contributed by atoms with Gasteiger partial charge in [0.1, 0.15) is 0 Å². The van der Waals surface area contributed by atoms with Gasteiger partial charge in [0.15, 0.2) is 5.13 Å². The summed E-state index contributed by atoms with van der Waals surface area (Å²) in [5, 5.41) is 0.684. The molecule has 0 unspecified atom stereocenters. The smallest absolute Gasteiger partial charge is 0.180 e. The molecule has 2 heterocycles. The van der Waals surface area contributed by atoms with E-state index in [9.17, 15) is 0 Å². The number of thiazole rings is 1. The Morgan fingerprint density at radius 1 is 1.43 bits per heavy atom. The van der Waals surface area contributed by atoms with Crippen LogP contribution in [0.15, 0.2) is 6.20 Å². The lowest BCUT2D eigenvalue weighted by Crippen LogP contribution is -2.24. The van der Waals surface area contributed by atoms with E-state index < -0.39 is 0 Å². The Kier molecular flexibility index (Phi) is 3.67. The van der Waals surface area contributed by atoms with Crippen molar-refractivity contribution in [1.29, 1.82) is 0 Å². The van der Waals surface area contributed by atoms with E-state index in [0.29, 0.717) is 5.13 Å². The van der Waals surface area contributed by atoms with Gasteiger partial charge in [0.25, 0.3) is 0 Å². The van der Waals surface area contributed by atoms with Crippen LogP contribution >= 0.6 is 23.1 Å². The normalized spacial score (nSPS) is 19.4. The average Bonchev–Trinajstić information content (AvgIpc) is 2.43. The zero-order valence-corrected chi connectivity index (χ0v) is 9.74. The molecule has 78 valence electrons. The van der Waals surface area contributed by atoms with Crippen LogP contribution in [0.4, 0.5) is 5.13 Å². The first kappa shape index (κ1) is 10.3. The molecule has 5 heteroatoms. The van der Waals surface area contributed by atoms with Crippen LogP contribution in [-0.2, 0) is 6.54 Å². The molecule has 1 aliphatic rings. The summed E-state index contributed by atoms with van der Waals surface area (Å²) in [5.74, 6) is 2.57. The summed E-state index contributed by atoms with van der Waals surface area (Å²) in [6.07, 6.45) is 3.21. The molecule has 0 spiro atoms. The maximum Gasteiger partial charge on any atom is 0.180 e. The molecular formula is C9H15N3S2. The van der Waals surface area contributed by atoms with E-state index in [4.69, 9.17) is 5.73 Å². The molecule has 2 rings (SSSR count). The third-order valence-electron chi connectivity index (χ3n) is 2.27. The molecule has 1 fully saturated rings. The van der Waals surface area contributed by atoms with E-state index in [1.165, 1.54) is 35.9 Å². The lowest BCUT2D eigenvalue weighted by molar-refractivity contribution is 0.290. The number of aromatic nitrogens is 1. The van der Waals surface area contributed by atoms with E-state index in [1.54, 1.807) is 11.3 Å². The predicted molar refractivity (Wildman–Crippen MR) is 63.7 cm³/mol. The van der Waals surface area contributed by atoms with E-state index in [-0.39, 0.29) is 0 Å². The molecule has 2 N–H and O–H groups in total. The molecule has 0 atom stereocenters. The maximum absolute atomic E-state index is 5.60. The quantitative estimate of drug-likeness (QED) is 0.837. The SMILES string of the molecule is Nc1ncc(CN2CCCSCC2)s1. The van der Waals surface area contributed by atoms with Gasteiger partial charge >= 0.3 is 0 Å². The van der Waals surface area contributed by atoms with Gasteiger partial charge in [0.2, 0.25) is 0 Å². The van der Waals surface area contributed by atoms with Gasteiger partial charge < -0.3 is 5.73 Å². The molecule has 1 aliphatic heterocycles. The molecular weight excluding hydrogens is 214 g/mol. The molecule has 0 aromatic carbocycles. The van der Waals surface area contributed by atoms with Gasteiger partial charge in [-0.3, -0.25) is 4.90 Å². The first-order valence-corrected chi connectivity index (χ1v) is 6.82. The molecule has 14 heavy (non-hydrogen) atoms. The Balaban J connectivity index is 1.89. The zero-order chi connectivity index (χ0) is 9.80. The van der Waals surface area contributed by atoms with Crippen LogP contribution in [-0.4, -0.2) is 34.5 Å². The number of rotatable bonds is 2. The fraction of sp³-hybridized carbons (Fsp3) is 0.667. The van der Waals surface area contributed by atoms with Crippen molar-refractivity contribution in [3.8, 4) is 0 Å². The van der Waals surface area contributed by atoms with Crippen LogP contribution in [0.5, 0.6) is 0 Å². The van der Waals surface area contributed by atoms with Gasteiger partial charge in [-0.2, -0.15) is 11.8 Å². The van der Waals surface area contributed by atoms with Crippen LogP contribution in [0.1, 0.15) is 11.3 Å². The molecule has 1 saturated heterocycles. The highest BCUT2D eigenvalue weighted by Crippen LogP contribution is 2.18. The highest BCUT2D eigenvalue weighted by atomic mass is 32.2. The fourth-order valence-corrected chi connectivity index (χ4v) is 3.22. The molecule has 1 aromatic rings. The minimum atomic E-state index is 0.684. The van der Waals surface area contributed by atoms with Crippen molar-refractivity contribution in [2.24, 2.45) is 0 Å². The van der Waals surface area contributed by atoms with E-state index in [0.717, 1.165) is 6.54 Å². The Morgan fingerprint density at radius 3 is 3.14 bits per heavy atom. The number of nitrogen functional groups attached to an aromatic ring is 1. The Labute approximate surface area is 92.7 Å². The minimum absolute atomic E-state index is 0.684. The zero-order valence-electron chi connectivity index (χ0n) is 8.11. The molecule has 0 amide bonds. The lowest BCUT2D eigenvalue weighted by Gasteiger charge is -2.17. The Hall–Kier alpha value is -0.260. The second-order valence-electron chi connectivity index (χ2n) is 3.41. The number of hydrogen-bond donors (Lipinski definition) is 1. The Morgan fingerprint density at radius 2 is 2.36 bits per heavy atom. The van der Waals surface area contributed by atoms with Gasteiger partial charge in [-0.25, -0.2) is 4.98 Å². The van der Waals surface area contributed by atoms with Crippen molar-refractivity contribution in [1.82, 2.24) is 9.88 Å². The average molecular weight is 229 g/mol. The highest BCUT2D eigenvalue weighted by Gasteiger charge is 2.10. The van der Waals surface area contributed by atoms with Gasteiger partial charge in [-0.1, -0.05) is 0 Å². The summed E-state index contributed by atoms with van der Waals surface area (Å²) in [6.45, 7) is 3.43. The largest absolute Gasteiger partial charge is 0.375 e. The van der Waals surface area contributed by atoms with Crippen molar-refractivity contribution in [3.05, 3.63) is 11.1 Å². The molecule has 0 radical (unpaired) electrons. The van der Waals surface area contributed by atoms with Gasteiger partial charge in [0.05, 0.1) is 0 Å². The standard InChI is InChI=1S/C9H15N3S2/c10-9-11-6-8(14-9)7-12-2-1-4-13-5-3-12/h6H,1-5,7H2,(H2,10,11). The van der Waals surface area contributed by atoms with Crippen molar-refractivity contribution >= 4 is 28.2 Å². The first-order valence-electron chi connectivity index (χ1n) is 4.85. The van der Waals surface area contributed by atoms with Crippen LogP contribution < -0.4 is 5.73 Å². The Bertz CT molecular complexity index is 279. The second kappa shape index (κ2) is 5.00. The third-order valence-corrected chi connectivity index (χ3v) is 4.13. The maximum atomic E-state index is 5.60. The molecule has 0 bridgehead atoms. The third kappa shape index (κ3) is 2.87. The van der Waals surface area contributed by atoms with Gasteiger partial charge in [-0.05, 0) is 18.7 Å². The summed E-state index contributed by atoms with van der Waals surface area (Å²) >= 11 is 3.66. The van der Waals surface area contributed by atoms with E-state index >= 15 is 0 Å². The molecule has 0 saturated carbocycles. The van der Waals surface area contributed by atoms with Crippen LogP contribution in [0.2, 0.25) is 0 Å². The molecule has 0 aliphatic carbocycles. The number of thioether (sulfide) groups is 1. The highest BCUT2D eigenvalue weighted by molar-refractivity contribution is 7.99. The van der Waals surface area contributed by atoms with Gasteiger partial charge in [-0.15, -0.1) is 11.3 Å². The topological polar surface area (TPSA) is 42.1 Å². The summed E-state index contributed by atoms with van der Waals surface area (Å²) in [7, 11) is 0. The summed E-state index contributed by atoms with van der Waals surface area (Å²) in [4.78, 5) is 7.85. The minimum Gasteiger partial charge on any atom is -0.375 e. The van der Waals surface area contributed by atoms with Crippen molar-refractivity contribution in [3.63, 3.8) is 0 Å². The monoisotopic (exact) mass is 229 g/mol. The summed E-state index contributed by atoms with van der Waals surface area (Å²) < 4.78 is 0. The van der Waals surface area contributed by atoms with Crippen LogP contribution in [0.3, 0.4) is 0 Å². The van der Waals surface area contributed by atoms with E-state index in [1.807, 2.05) is 6.20 Å². The number of nitrogens with two attached hydrogens (primary N) is 1. The molecule has 3 nitrogen and oxygen atoms in total. The van der Waals surface area contributed by atoms with Crippen molar-refractivity contribution in [2.45, 2.75) is 13.0 Å². The number of anilines is 1. The summed E-state index contributed by atoms with van der Waals surface area (Å²) in [6, 6.07) is 0. The second-order valence-corrected chi connectivity index (χ2v) is 5.78. The van der Waals surface area contributed by atoms with Crippen molar-refractivity contribution in [2.75, 3.05) is 30.3 Å². The van der Waals surface area contributed by atoms with Crippen LogP contribution in [0.25, 0.3) is 0 Å². The summed E-state index contributed by atoms with van der Waals surface area (Å²) in [5.41, 5.74) is 5.60. The number of nitrogens with zero attached hydrogens (tertiary/aromatic N) is 2. The van der Waals surface area contributed by atoms with E-state index in [2.05, 4.69) is 21.6 Å². The van der Waals surface area contributed by atoms with Crippen LogP contribution in [0, 0.1) is 0 Å².